The van der Waals surface area contributed by atoms with E-state index in [9.17, 15) is 0 Å². The van der Waals surface area contributed by atoms with Gasteiger partial charge in [-0.05, 0) is 41.8 Å². The average molecular weight is 320 g/mol. The van der Waals surface area contributed by atoms with Gasteiger partial charge >= 0.3 is 0 Å². The molecule has 1 atom stereocenters. The minimum atomic E-state index is 0.0875. The Hall–Kier alpha value is -1.32. The number of hydrogen-bond acceptors (Lipinski definition) is 2. The summed E-state index contributed by atoms with van der Waals surface area (Å²) in [5, 5.41) is 12.6. The molecule has 0 aliphatic rings. The van der Waals surface area contributed by atoms with Gasteiger partial charge in [0, 0.05) is 10.2 Å². The van der Waals surface area contributed by atoms with Crippen molar-refractivity contribution in [2.45, 2.75) is 26.0 Å². The third kappa shape index (κ3) is 3.82. The second-order valence-corrected chi connectivity index (χ2v) is 5.43. The van der Waals surface area contributed by atoms with E-state index in [1.165, 1.54) is 5.56 Å². The summed E-state index contributed by atoms with van der Waals surface area (Å²) in [4.78, 5) is 0. The lowest BCUT2D eigenvalue weighted by Crippen LogP contribution is -2.09. The van der Waals surface area contributed by atoms with Crippen LogP contribution in [0.1, 0.15) is 30.5 Å². The normalized spacial score (nSPS) is 12.2. The minimum absolute atomic E-state index is 0.0875. The molecule has 2 rings (SSSR count). The topological polar surface area (TPSA) is 32.3 Å². The first-order chi connectivity index (χ1) is 9.22. The number of hydrogen-bond donors (Lipinski definition) is 2. The number of benzene rings is 2. The van der Waals surface area contributed by atoms with Gasteiger partial charge in [-0.3, -0.25) is 0 Å². The summed E-state index contributed by atoms with van der Waals surface area (Å²) in [5.74, 6) is 0. The Bertz CT molecular complexity index is 507. The second kappa shape index (κ2) is 6.73. The van der Waals surface area contributed by atoms with Crippen LogP contribution in [0.5, 0.6) is 0 Å². The van der Waals surface area contributed by atoms with Crippen molar-refractivity contribution in [1.29, 1.82) is 0 Å². The summed E-state index contributed by atoms with van der Waals surface area (Å²) < 4.78 is 1.10. The van der Waals surface area contributed by atoms with Crippen molar-refractivity contribution in [1.82, 2.24) is 0 Å². The Morgan fingerprint density at radius 3 is 2.21 bits per heavy atom. The molecule has 3 heteroatoms. The van der Waals surface area contributed by atoms with Gasteiger partial charge in [-0.2, -0.15) is 0 Å². The molecule has 100 valence electrons. The quantitative estimate of drug-likeness (QED) is 0.850. The fourth-order valence-corrected chi connectivity index (χ4v) is 2.29. The molecule has 0 aromatic heterocycles. The van der Waals surface area contributed by atoms with Gasteiger partial charge < -0.3 is 10.4 Å². The number of anilines is 1. The summed E-state index contributed by atoms with van der Waals surface area (Å²) in [5.41, 5.74) is 3.28. The van der Waals surface area contributed by atoms with Gasteiger partial charge in [0.15, 0.2) is 0 Å². The predicted molar refractivity (Wildman–Crippen MR) is 83.2 cm³/mol. The lowest BCUT2D eigenvalue weighted by Gasteiger charge is -2.19. The minimum Gasteiger partial charge on any atom is -0.392 e. The highest BCUT2D eigenvalue weighted by molar-refractivity contribution is 9.10. The Labute approximate surface area is 122 Å². The van der Waals surface area contributed by atoms with Gasteiger partial charge in [0.2, 0.25) is 0 Å². The van der Waals surface area contributed by atoms with Crippen LogP contribution in [-0.4, -0.2) is 5.11 Å². The maximum atomic E-state index is 9.04. The van der Waals surface area contributed by atoms with E-state index in [-0.39, 0.29) is 6.61 Å². The molecule has 0 radical (unpaired) electrons. The monoisotopic (exact) mass is 319 g/mol. The molecule has 0 amide bonds. The standard InChI is InChI=1S/C16H18BrNO/c1-2-16(13-5-7-14(17)8-6-13)18-15-9-3-12(11-19)4-10-15/h3-10,16,18-19H,2,11H2,1H3. The number of nitrogens with one attached hydrogen (secondary N) is 1. The second-order valence-electron chi connectivity index (χ2n) is 4.51. The highest BCUT2D eigenvalue weighted by Gasteiger charge is 2.08. The van der Waals surface area contributed by atoms with Crippen molar-refractivity contribution >= 4 is 21.6 Å². The van der Waals surface area contributed by atoms with Gasteiger partial charge in [0.05, 0.1) is 12.6 Å². The van der Waals surface area contributed by atoms with E-state index in [1.807, 2.05) is 24.3 Å². The van der Waals surface area contributed by atoms with Crippen LogP contribution >= 0.6 is 15.9 Å². The predicted octanol–water partition coefficient (Wildman–Crippen LogP) is 4.50. The average Bonchev–Trinajstić information content (AvgIpc) is 2.46. The molecule has 0 fully saturated rings. The summed E-state index contributed by atoms with van der Waals surface area (Å²) in [6.07, 6.45) is 1.02. The van der Waals surface area contributed by atoms with Crippen molar-refractivity contribution in [2.24, 2.45) is 0 Å². The first-order valence-corrected chi connectivity index (χ1v) is 7.24. The SMILES string of the molecule is CCC(Nc1ccc(CO)cc1)c1ccc(Br)cc1. The summed E-state index contributed by atoms with van der Waals surface area (Å²) in [6, 6.07) is 16.6. The Morgan fingerprint density at radius 1 is 1.05 bits per heavy atom. The van der Waals surface area contributed by atoms with Crippen molar-refractivity contribution < 1.29 is 5.11 Å². The largest absolute Gasteiger partial charge is 0.392 e. The van der Waals surface area contributed by atoms with Gasteiger partial charge in [0.1, 0.15) is 0 Å². The van der Waals surface area contributed by atoms with E-state index in [4.69, 9.17) is 5.11 Å². The highest BCUT2D eigenvalue weighted by Crippen LogP contribution is 2.24. The zero-order valence-corrected chi connectivity index (χ0v) is 12.5. The molecule has 0 saturated carbocycles. The van der Waals surface area contributed by atoms with Crippen LogP contribution in [0.15, 0.2) is 53.0 Å². The van der Waals surface area contributed by atoms with E-state index in [0.29, 0.717) is 6.04 Å². The molecule has 0 aliphatic carbocycles. The van der Waals surface area contributed by atoms with Gasteiger partial charge in [-0.1, -0.05) is 47.1 Å². The number of aliphatic hydroxyl groups is 1. The maximum Gasteiger partial charge on any atom is 0.0681 e. The van der Waals surface area contributed by atoms with Crippen LogP contribution in [0.3, 0.4) is 0 Å². The van der Waals surface area contributed by atoms with E-state index < -0.39 is 0 Å². The molecule has 2 aromatic rings. The molecular weight excluding hydrogens is 302 g/mol. The van der Waals surface area contributed by atoms with Gasteiger partial charge in [-0.25, -0.2) is 0 Å². The number of rotatable bonds is 5. The van der Waals surface area contributed by atoms with Crippen LogP contribution in [0.4, 0.5) is 5.69 Å². The van der Waals surface area contributed by atoms with Crippen LogP contribution in [0, 0.1) is 0 Å². The molecule has 0 heterocycles. The van der Waals surface area contributed by atoms with E-state index >= 15 is 0 Å². The highest BCUT2D eigenvalue weighted by atomic mass is 79.9. The molecule has 1 unspecified atom stereocenters. The van der Waals surface area contributed by atoms with Crippen molar-refractivity contribution in [3.63, 3.8) is 0 Å². The molecular formula is C16H18BrNO. The van der Waals surface area contributed by atoms with Crippen molar-refractivity contribution in [3.8, 4) is 0 Å². The van der Waals surface area contributed by atoms with Gasteiger partial charge in [-0.15, -0.1) is 0 Å². The van der Waals surface area contributed by atoms with Crippen LogP contribution in [0.25, 0.3) is 0 Å². The molecule has 0 saturated heterocycles. The molecule has 0 aliphatic heterocycles. The van der Waals surface area contributed by atoms with Gasteiger partial charge in [0.25, 0.3) is 0 Å². The van der Waals surface area contributed by atoms with Crippen LogP contribution in [-0.2, 0) is 6.61 Å². The maximum absolute atomic E-state index is 9.04. The van der Waals surface area contributed by atoms with Crippen molar-refractivity contribution in [3.05, 3.63) is 64.1 Å². The Kier molecular flexibility index (Phi) is 5.00. The molecule has 0 bridgehead atoms. The Balaban J connectivity index is 2.11. The number of halogens is 1. The van der Waals surface area contributed by atoms with Crippen LogP contribution < -0.4 is 5.32 Å². The zero-order valence-electron chi connectivity index (χ0n) is 10.9. The third-order valence-corrected chi connectivity index (χ3v) is 3.69. The van der Waals surface area contributed by atoms with Crippen molar-refractivity contribution in [2.75, 3.05) is 5.32 Å². The summed E-state index contributed by atoms with van der Waals surface area (Å²) in [7, 11) is 0. The summed E-state index contributed by atoms with van der Waals surface area (Å²) >= 11 is 3.46. The van der Waals surface area contributed by atoms with E-state index in [2.05, 4.69) is 52.4 Å². The lowest BCUT2D eigenvalue weighted by atomic mass is 10.0. The molecule has 0 spiro atoms. The Morgan fingerprint density at radius 2 is 1.68 bits per heavy atom. The molecule has 2 aromatic carbocycles. The third-order valence-electron chi connectivity index (χ3n) is 3.16. The van der Waals surface area contributed by atoms with Crippen LogP contribution in [0.2, 0.25) is 0 Å². The fourth-order valence-electron chi connectivity index (χ4n) is 2.02. The fraction of sp³-hybridized carbons (Fsp3) is 0.250. The molecule has 2 nitrogen and oxygen atoms in total. The first-order valence-electron chi connectivity index (χ1n) is 6.44. The lowest BCUT2D eigenvalue weighted by molar-refractivity contribution is 0.282. The number of aliphatic hydroxyl groups excluding tert-OH is 1. The zero-order chi connectivity index (χ0) is 13.7. The molecule has 2 N–H and O–H groups in total. The smallest absolute Gasteiger partial charge is 0.0681 e. The van der Waals surface area contributed by atoms with E-state index in [0.717, 1.165) is 22.1 Å². The molecule has 19 heavy (non-hydrogen) atoms. The summed E-state index contributed by atoms with van der Waals surface area (Å²) in [6.45, 7) is 2.26. The van der Waals surface area contributed by atoms with E-state index in [1.54, 1.807) is 0 Å². The first kappa shape index (κ1) is 14.1.